The van der Waals surface area contributed by atoms with Crippen molar-refractivity contribution in [3.05, 3.63) is 35.9 Å². The molecule has 0 aromatic heterocycles. The number of thioether (sulfide) groups is 1. The number of aliphatic imine (C=N–C) groups is 1. The molecule has 3 rings (SSSR count). The molecule has 1 heterocycles. The van der Waals surface area contributed by atoms with Crippen LogP contribution in [0.4, 0.5) is 0 Å². The SMILES string of the molecule is CC1CCC2(CC1)SC(=NCCNCc1ccccc1)NC2(C)C. The van der Waals surface area contributed by atoms with Crippen LogP contribution in [-0.4, -0.2) is 28.5 Å². The van der Waals surface area contributed by atoms with Crippen molar-refractivity contribution in [1.82, 2.24) is 10.6 Å². The molecule has 1 aromatic carbocycles. The second-order valence-electron chi connectivity index (χ2n) is 7.88. The molecule has 0 atom stereocenters. The van der Waals surface area contributed by atoms with E-state index in [0.29, 0.717) is 4.75 Å². The minimum Gasteiger partial charge on any atom is -0.359 e. The highest BCUT2D eigenvalue weighted by Gasteiger charge is 2.53. The summed E-state index contributed by atoms with van der Waals surface area (Å²) in [6.07, 6.45) is 5.32. The summed E-state index contributed by atoms with van der Waals surface area (Å²) in [5.41, 5.74) is 1.48. The molecule has 2 aliphatic rings. The fourth-order valence-corrected chi connectivity index (χ4v) is 5.39. The molecule has 0 radical (unpaired) electrons. The van der Waals surface area contributed by atoms with Gasteiger partial charge in [-0.05, 0) is 51.0 Å². The molecule has 1 aliphatic carbocycles. The van der Waals surface area contributed by atoms with Crippen molar-refractivity contribution in [2.75, 3.05) is 13.1 Å². The summed E-state index contributed by atoms with van der Waals surface area (Å²) in [7, 11) is 0. The van der Waals surface area contributed by atoms with E-state index < -0.39 is 0 Å². The summed E-state index contributed by atoms with van der Waals surface area (Å²) in [6.45, 7) is 9.77. The number of nitrogens with zero attached hydrogens (tertiary/aromatic N) is 1. The molecule has 1 saturated heterocycles. The van der Waals surface area contributed by atoms with E-state index in [2.05, 4.69) is 61.7 Å². The summed E-state index contributed by atoms with van der Waals surface area (Å²) < 4.78 is 0.343. The molecule has 24 heavy (non-hydrogen) atoms. The Kier molecular flexibility index (Phi) is 5.56. The Labute approximate surface area is 151 Å². The van der Waals surface area contributed by atoms with Crippen molar-refractivity contribution >= 4 is 16.9 Å². The van der Waals surface area contributed by atoms with Gasteiger partial charge in [-0.1, -0.05) is 49.0 Å². The van der Waals surface area contributed by atoms with Crippen molar-refractivity contribution in [1.29, 1.82) is 0 Å². The van der Waals surface area contributed by atoms with Crippen LogP contribution in [0.2, 0.25) is 0 Å². The first-order chi connectivity index (χ1) is 11.5. The van der Waals surface area contributed by atoms with Gasteiger partial charge in [0.15, 0.2) is 5.17 Å². The topological polar surface area (TPSA) is 36.4 Å². The quantitative estimate of drug-likeness (QED) is 0.785. The van der Waals surface area contributed by atoms with E-state index in [0.717, 1.165) is 30.7 Å². The highest BCUT2D eigenvalue weighted by atomic mass is 32.2. The summed E-state index contributed by atoms with van der Waals surface area (Å²) in [5.74, 6) is 0.884. The molecule has 3 nitrogen and oxygen atoms in total. The van der Waals surface area contributed by atoms with Gasteiger partial charge < -0.3 is 10.6 Å². The zero-order chi connectivity index (χ0) is 17.0. The summed E-state index contributed by atoms with van der Waals surface area (Å²) >= 11 is 2.01. The van der Waals surface area contributed by atoms with E-state index in [1.807, 2.05) is 11.8 Å². The van der Waals surface area contributed by atoms with E-state index in [9.17, 15) is 0 Å². The smallest absolute Gasteiger partial charge is 0.157 e. The summed E-state index contributed by atoms with van der Waals surface area (Å²) in [5, 5.41) is 8.33. The summed E-state index contributed by atoms with van der Waals surface area (Å²) in [6, 6.07) is 10.5. The molecule has 2 N–H and O–H groups in total. The number of rotatable bonds is 5. The van der Waals surface area contributed by atoms with Crippen LogP contribution < -0.4 is 10.6 Å². The van der Waals surface area contributed by atoms with Crippen molar-refractivity contribution in [2.45, 2.75) is 63.3 Å². The van der Waals surface area contributed by atoms with Crippen LogP contribution in [0.25, 0.3) is 0 Å². The van der Waals surface area contributed by atoms with Gasteiger partial charge in [-0.3, -0.25) is 4.99 Å². The average Bonchev–Trinajstić information content (AvgIpc) is 2.81. The first-order valence-electron chi connectivity index (χ1n) is 9.27. The monoisotopic (exact) mass is 345 g/mol. The Morgan fingerprint density at radius 1 is 1.21 bits per heavy atom. The molecule has 4 heteroatoms. The lowest BCUT2D eigenvalue weighted by Gasteiger charge is -2.43. The standard InChI is InChI=1S/C20H31N3S/c1-16-9-11-20(12-10-16)19(2,3)23-18(24-20)22-14-13-21-15-17-7-5-4-6-8-17/h4-8,16,21H,9-15H2,1-3H3,(H,22,23). The molecule has 0 amide bonds. The first kappa shape index (κ1) is 17.8. The fraction of sp³-hybridized carbons (Fsp3) is 0.650. The first-order valence-corrected chi connectivity index (χ1v) is 10.1. The van der Waals surface area contributed by atoms with Crippen LogP contribution in [0.1, 0.15) is 52.0 Å². The predicted octanol–water partition coefficient (Wildman–Crippen LogP) is 4.20. The number of amidine groups is 1. The third kappa shape index (κ3) is 3.97. The molecule has 1 aromatic rings. The van der Waals surface area contributed by atoms with Crippen LogP contribution in [0, 0.1) is 5.92 Å². The Balaban J connectivity index is 1.48. The molecule has 0 bridgehead atoms. The lowest BCUT2D eigenvalue weighted by atomic mass is 9.73. The number of nitrogens with one attached hydrogen (secondary N) is 2. The maximum atomic E-state index is 4.82. The van der Waals surface area contributed by atoms with Gasteiger partial charge in [-0.15, -0.1) is 0 Å². The average molecular weight is 346 g/mol. The van der Waals surface area contributed by atoms with E-state index in [-0.39, 0.29) is 5.54 Å². The Bertz CT molecular complexity index is 560. The van der Waals surface area contributed by atoms with Gasteiger partial charge in [0.1, 0.15) is 0 Å². The zero-order valence-electron chi connectivity index (χ0n) is 15.3. The van der Waals surface area contributed by atoms with Crippen molar-refractivity contribution in [3.8, 4) is 0 Å². The van der Waals surface area contributed by atoms with Gasteiger partial charge in [-0.25, -0.2) is 0 Å². The molecule has 1 saturated carbocycles. The zero-order valence-corrected chi connectivity index (χ0v) is 16.1. The predicted molar refractivity (Wildman–Crippen MR) is 106 cm³/mol. The molecule has 1 aliphatic heterocycles. The van der Waals surface area contributed by atoms with Crippen LogP contribution in [0.3, 0.4) is 0 Å². The fourth-order valence-electron chi connectivity index (χ4n) is 3.81. The third-order valence-corrected chi connectivity index (χ3v) is 7.38. The second kappa shape index (κ2) is 7.49. The highest BCUT2D eigenvalue weighted by molar-refractivity contribution is 8.15. The number of hydrogen-bond acceptors (Lipinski definition) is 3. The minimum absolute atomic E-state index is 0.147. The van der Waals surface area contributed by atoms with E-state index in [1.54, 1.807) is 0 Å². The molecule has 132 valence electrons. The molecule has 1 spiro atoms. The van der Waals surface area contributed by atoms with Gasteiger partial charge >= 0.3 is 0 Å². The van der Waals surface area contributed by atoms with Crippen LogP contribution in [-0.2, 0) is 6.54 Å². The van der Waals surface area contributed by atoms with Gasteiger partial charge in [0.05, 0.1) is 6.54 Å². The number of hydrogen-bond donors (Lipinski definition) is 2. The normalized spacial score (nSPS) is 30.6. The van der Waals surface area contributed by atoms with Crippen LogP contribution in [0.15, 0.2) is 35.3 Å². The van der Waals surface area contributed by atoms with Gasteiger partial charge in [0.25, 0.3) is 0 Å². The van der Waals surface area contributed by atoms with Crippen LogP contribution in [0.5, 0.6) is 0 Å². The lowest BCUT2D eigenvalue weighted by molar-refractivity contribution is 0.231. The largest absolute Gasteiger partial charge is 0.359 e. The van der Waals surface area contributed by atoms with Crippen molar-refractivity contribution in [2.24, 2.45) is 10.9 Å². The van der Waals surface area contributed by atoms with E-state index >= 15 is 0 Å². The lowest BCUT2D eigenvalue weighted by Crippen LogP contribution is -2.52. The molecule has 2 fully saturated rings. The van der Waals surface area contributed by atoms with E-state index in [1.165, 1.54) is 31.2 Å². The molecular formula is C20H31N3S. The minimum atomic E-state index is 0.147. The molecule has 0 unspecified atom stereocenters. The maximum Gasteiger partial charge on any atom is 0.157 e. The maximum absolute atomic E-state index is 4.82. The Hall–Kier alpha value is -1.00. The highest BCUT2D eigenvalue weighted by Crippen LogP contribution is 2.52. The summed E-state index contributed by atoms with van der Waals surface area (Å²) in [4.78, 5) is 4.82. The van der Waals surface area contributed by atoms with E-state index in [4.69, 9.17) is 4.99 Å². The van der Waals surface area contributed by atoms with Crippen LogP contribution >= 0.6 is 11.8 Å². The van der Waals surface area contributed by atoms with Crippen molar-refractivity contribution in [3.63, 3.8) is 0 Å². The van der Waals surface area contributed by atoms with Crippen molar-refractivity contribution < 1.29 is 0 Å². The van der Waals surface area contributed by atoms with Gasteiger partial charge in [-0.2, -0.15) is 0 Å². The van der Waals surface area contributed by atoms with Gasteiger partial charge in [0.2, 0.25) is 0 Å². The number of benzene rings is 1. The second-order valence-corrected chi connectivity index (χ2v) is 9.25. The molecular weight excluding hydrogens is 314 g/mol. The third-order valence-electron chi connectivity index (χ3n) is 5.65. The Morgan fingerprint density at radius 2 is 1.92 bits per heavy atom. The Morgan fingerprint density at radius 3 is 2.62 bits per heavy atom. The van der Waals surface area contributed by atoms with Gasteiger partial charge in [0, 0.05) is 23.4 Å².